The van der Waals surface area contributed by atoms with Gasteiger partial charge in [0.1, 0.15) is 0 Å². The zero-order valence-corrected chi connectivity index (χ0v) is 20.7. The zero-order chi connectivity index (χ0) is 24.1. The number of hydrogen-bond acceptors (Lipinski definition) is 4. The van der Waals surface area contributed by atoms with Gasteiger partial charge in [-0.15, -0.1) is 0 Å². The first kappa shape index (κ1) is 28.9. The molecule has 0 aromatic heterocycles. The van der Waals surface area contributed by atoms with Gasteiger partial charge in [0, 0.05) is 0 Å². The van der Waals surface area contributed by atoms with Crippen LogP contribution in [0.3, 0.4) is 0 Å². The van der Waals surface area contributed by atoms with E-state index < -0.39 is 39.1 Å². The molecule has 0 radical (unpaired) electrons. The molecule has 0 saturated heterocycles. The summed E-state index contributed by atoms with van der Waals surface area (Å²) in [5.74, 6) is -4.99. The molecule has 0 aliphatic carbocycles. The largest absolute Gasteiger partial charge is 0.481 e. The Morgan fingerprint density at radius 1 is 0.800 bits per heavy atom. The van der Waals surface area contributed by atoms with Crippen LogP contribution in [0.5, 0.6) is 0 Å². The first-order valence-electron chi connectivity index (χ1n) is 10.7. The van der Waals surface area contributed by atoms with Gasteiger partial charge < -0.3 is 10.2 Å². The van der Waals surface area contributed by atoms with E-state index in [2.05, 4.69) is 20.8 Å². The number of rotatable bonds is 12. The average molecular weight is 451 g/mol. The molecule has 4 atom stereocenters. The van der Waals surface area contributed by atoms with Crippen LogP contribution in [-0.2, 0) is 19.7 Å². The van der Waals surface area contributed by atoms with Gasteiger partial charge in [0.2, 0.25) is 4.75 Å². The highest BCUT2D eigenvalue weighted by molar-refractivity contribution is 7.88. The van der Waals surface area contributed by atoms with Crippen molar-refractivity contribution in [1.82, 2.24) is 0 Å². The van der Waals surface area contributed by atoms with Crippen LogP contribution >= 0.6 is 0 Å². The summed E-state index contributed by atoms with van der Waals surface area (Å²) in [4.78, 5) is 24.2. The van der Waals surface area contributed by atoms with E-state index in [4.69, 9.17) is 0 Å². The van der Waals surface area contributed by atoms with Crippen LogP contribution in [0.25, 0.3) is 0 Å². The molecular formula is C22H42O7S. The molecule has 4 unspecified atom stereocenters. The van der Waals surface area contributed by atoms with Gasteiger partial charge in [0.05, 0.1) is 5.92 Å². The topological polar surface area (TPSA) is 129 Å². The number of hydrogen-bond donors (Lipinski definition) is 3. The number of carboxylic acids is 2. The number of carboxylic acid groups (broad SMARTS) is 2. The first-order valence-corrected chi connectivity index (χ1v) is 12.1. The Hall–Kier alpha value is -1.15. The SMILES string of the molecule is CC(CCC(C(=O)O)C(CCC(C)CC(C)(C)C)(C(=O)O)S(=O)(=O)O)CC(C)(C)C. The predicted molar refractivity (Wildman–Crippen MR) is 118 cm³/mol. The first-order chi connectivity index (χ1) is 13.2. The highest BCUT2D eigenvalue weighted by atomic mass is 32.2. The van der Waals surface area contributed by atoms with Gasteiger partial charge in [-0.25, -0.2) is 0 Å². The summed E-state index contributed by atoms with van der Waals surface area (Å²) in [6.45, 7) is 16.0. The molecule has 0 rings (SSSR count). The Kier molecular flexibility index (Phi) is 10.0. The highest BCUT2D eigenvalue weighted by Crippen LogP contribution is 2.39. The van der Waals surface area contributed by atoms with Gasteiger partial charge in [0.15, 0.2) is 0 Å². The third-order valence-electron chi connectivity index (χ3n) is 5.56. The van der Waals surface area contributed by atoms with Gasteiger partial charge in [-0.2, -0.15) is 8.42 Å². The van der Waals surface area contributed by atoms with Crippen molar-refractivity contribution in [3.8, 4) is 0 Å². The quantitative estimate of drug-likeness (QED) is 0.353. The fourth-order valence-electron chi connectivity index (χ4n) is 4.61. The van der Waals surface area contributed by atoms with E-state index in [9.17, 15) is 32.8 Å². The maximum atomic E-state index is 12.3. The van der Waals surface area contributed by atoms with Crippen LogP contribution < -0.4 is 0 Å². The summed E-state index contributed by atoms with van der Waals surface area (Å²) >= 11 is 0. The molecule has 0 heterocycles. The minimum absolute atomic E-state index is 0.00741. The second-order valence-electron chi connectivity index (χ2n) is 11.4. The van der Waals surface area contributed by atoms with E-state index in [1.165, 1.54) is 0 Å². The Balaban J connectivity index is 5.89. The van der Waals surface area contributed by atoms with Crippen molar-refractivity contribution in [3.05, 3.63) is 0 Å². The minimum atomic E-state index is -5.17. The molecule has 3 N–H and O–H groups in total. The molecule has 30 heavy (non-hydrogen) atoms. The molecule has 0 fully saturated rings. The Bertz CT molecular complexity index is 685. The van der Waals surface area contributed by atoms with Gasteiger partial charge in [-0.1, -0.05) is 55.4 Å². The van der Waals surface area contributed by atoms with Crippen molar-refractivity contribution in [2.24, 2.45) is 28.6 Å². The van der Waals surface area contributed by atoms with Crippen LogP contribution in [-0.4, -0.2) is 39.9 Å². The van der Waals surface area contributed by atoms with E-state index in [0.29, 0.717) is 12.8 Å². The van der Waals surface area contributed by atoms with Crippen LogP contribution in [0, 0.1) is 28.6 Å². The van der Waals surface area contributed by atoms with Crippen molar-refractivity contribution in [1.29, 1.82) is 0 Å². The van der Waals surface area contributed by atoms with E-state index in [0.717, 1.165) is 6.42 Å². The third kappa shape index (κ3) is 8.92. The predicted octanol–water partition coefficient (Wildman–Crippen LogP) is 5.10. The van der Waals surface area contributed by atoms with E-state index >= 15 is 0 Å². The van der Waals surface area contributed by atoms with E-state index in [1.54, 1.807) is 0 Å². The van der Waals surface area contributed by atoms with Crippen LogP contribution in [0.15, 0.2) is 0 Å². The Morgan fingerprint density at radius 3 is 1.50 bits per heavy atom. The maximum Gasteiger partial charge on any atom is 0.328 e. The zero-order valence-electron chi connectivity index (χ0n) is 19.9. The Labute approximate surface area is 182 Å². The summed E-state index contributed by atoms with van der Waals surface area (Å²) in [7, 11) is -5.17. The van der Waals surface area contributed by atoms with Gasteiger partial charge in [0.25, 0.3) is 10.1 Å². The standard InChI is InChI=1S/C22H42O7S/c1-15(13-20(3,4)5)9-10-17(18(23)24)22(19(25)26,30(27,28)29)12-11-16(2)14-21(6,7)8/h15-17H,9-14H2,1-8H3,(H,23,24)(H,25,26)(H,27,28,29). The van der Waals surface area contributed by atoms with E-state index in [1.807, 2.05) is 34.6 Å². The summed E-state index contributed by atoms with van der Waals surface area (Å²) in [5.41, 5.74) is -0.0363. The molecule has 0 spiro atoms. The van der Waals surface area contributed by atoms with Crippen molar-refractivity contribution >= 4 is 22.1 Å². The fraction of sp³-hybridized carbons (Fsp3) is 0.909. The maximum absolute atomic E-state index is 12.3. The molecule has 0 aliphatic rings. The normalized spacial score (nSPS) is 18.3. The molecule has 0 aromatic rings. The molecule has 7 nitrogen and oxygen atoms in total. The summed E-state index contributed by atoms with van der Waals surface area (Å²) < 4.78 is 31.8. The number of carbonyl (C=O) groups is 2. The molecule has 0 amide bonds. The molecule has 8 heteroatoms. The minimum Gasteiger partial charge on any atom is -0.481 e. The fourth-order valence-corrected chi connectivity index (χ4v) is 5.79. The lowest BCUT2D eigenvalue weighted by Gasteiger charge is -2.34. The van der Waals surface area contributed by atoms with Gasteiger partial charge in [-0.05, 0) is 61.2 Å². The second-order valence-corrected chi connectivity index (χ2v) is 13.1. The van der Waals surface area contributed by atoms with Crippen molar-refractivity contribution in [2.45, 2.75) is 98.7 Å². The van der Waals surface area contributed by atoms with Crippen molar-refractivity contribution in [3.63, 3.8) is 0 Å². The Morgan fingerprint density at radius 2 is 1.20 bits per heavy atom. The third-order valence-corrected chi connectivity index (χ3v) is 7.15. The molecule has 0 bridgehead atoms. The van der Waals surface area contributed by atoms with Gasteiger partial charge >= 0.3 is 11.9 Å². The van der Waals surface area contributed by atoms with Crippen LogP contribution in [0.4, 0.5) is 0 Å². The molecule has 0 saturated carbocycles. The molecule has 178 valence electrons. The highest BCUT2D eigenvalue weighted by Gasteiger charge is 2.59. The lowest BCUT2D eigenvalue weighted by atomic mass is 9.77. The molecule has 0 aliphatic heterocycles. The summed E-state index contributed by atoms with van der Waals surface area (Å²) in [5, 5.41) is 19.7. The smallest absolute Gasteiger partial charge is 0.328 e. The lowest BCUT2D eigenvalue weighted by Crippen LogP contribution is -2.55. The summed E-state index contributed by atoms with van der Waals surface area (Å²) in [6, 6.07) is 0. The average Bonchev–Trinajstić information content (AvgIpc) is 2.44. The van der Waals surface area contributed by atoms with Crippen molar-refractivity contribution < 1.29 is 32.8 Å². The number of aliphatic carboxylic acids is 2. The molecular weight excluding hydrogens is 408 g/mol. The summed E-state index contributed by atoms with van der Waals surface area (Å²) in [6.07, 6.45) is 1.47. The van der Waals surface area contributed by atoms with Crippen LogP contribution in [0.2, 0.25) is 0 Å². The lowest BCUT2D eigenvalue weighted by molar-refractivity contribution is -0.153. The second kappa shape index (κ2) is 10.4. The van der Waals surface area contributed by atoms with Crippen LogP contribution in [0.1, 0.15) is 93.9 Å². The van der Waals surface area contributed by atoms with Gasteiger partial charge in [-0.3, -0.25) is 14.1 Å². The van der Waals surface area contributed by atoms with E-state index in [-0.39, 0.29) is 35.5 Å². The molecule has 0 aromatic carbocycles. The van der Waals surface area contributed by atoms with Crippen molar-refractivity contribution in [2.75, 3.05) is 0 Å². The monoisotopic (exact) mass is 450 g/mol.